The summed E-state index contributed by atoms with van der Waals surface area (Å²) in [5.41, 5.74) is 5.17. The van der Waals surface area contributed by atoms with Crippen LogP contribution in [0.5, 0.6) is 5.75 Å². The molecule has 0 aromatic heterocycles. The molecule has 0 aliphatic carbocycles. The molecule has 1 aliphatic rings. The summed E-state index contributed by atoms with van der Waals surface area (Å²) in [5, 5.41) is 1.26. The first-order chi connectivity index (χ1) is 14.1. The lowest BCUT2D eigenvalue weighted by Crippen LogP contribution is -2.35. The second kappa shape index (κ2) is 8.48. The molecule has 0 unspecified atom stereocenters. The van der Waals surface area contributed by atoms with Gasteiger partial charge in [-0.1, -0.05) is 54.6 Å². The molecule has 0 bridgehead atoms. The standard InChI is InChI=1S/C23H17IN2O3/c24-20-14-17(11-12-21(20)29-15-16-7-3-1-4-8-16)13-19-22(27)25-26(23(19)28)18-9-5-2-6-10-18/h1-14H,15H2,(H,25,27)/b19-13-. The topological polar surface area (TPSA) is 58.6 Å². The Morgan fingerprint density at radius 1 is 0.931 bits per heavy atom. The smallest absolute Gasteiger partial charge is 0.282 e. The minimum atomic E-state index is -0.418. The number of nitrogens with zero attached hydrogens (tertiary/aromatic N) is 1. The summed E-state index contributed by atoms with van der Waals surface area (Å²) in [7, 11) is 0. The van der Waals surface area contributed by atoms with Crippen LogP contribution >= 0.6 is 22.6 Å². The zero-order valence-electron chi connectivity index (χ0n) is 15.3. The predicted octanol–water partition coefficient (Wildman–Crippen LogP) is 4.33. The molecule has 0 radical (unpaired) electrons. The Bertz CT molecular complexity index is 1080. The van der Waals surface area contributed by atoms with Gasteiger partial charge in [-0.25, -0.2) is 5.01 Å². The van der Waals surface area contributed by atoms with Gasteiger partial charge >= 0.3 is 0 Å². The lowest BCUT2D eigenvalue weighted by atomic mass is 10.1. The lowest BCUT2D eigenvalue weighted by Gasteiger charge is -2.13. The van der Waals surface area contributed by atoms with E-state index in [0.717, 1.165) is 20.4 Å². The van der Waals surface area contributed by atoms with Gasteiger partial charge in [-0.15, -0.1) is 0 Å². The van der Waals surface area contributed by atoms with Crippen LogP contribution in [0, 0.1) is 3.57 Å². The SMILES string of the molecule is O=C1NN(c2ccccc2)C(=O)/C1=C\c1ccc(OCc2ccccc2)c(I)c1. The zero-order valence-corrected chi connectivity index (χ0v) is 17.5. The third-order valence-corrected chi connectivity index (χ3v) is 5.25. The first-order valence-corrected chi connectivity index (χ1v) is 10.1. The van der Waals surface area contributed by atoms with E-state index in [-0.39, 0.29) is 11.5 Å². The van der Waals surface area contributed by atoms with Crippen molar-refractivity contribution >= 4 is 46.2 Å². The highest BCUT2D eigenvalue weighted by Crippen LogP contribution is 2.26. The molecule has 1 N–H and O–H groups in total. The van der Waals surface area contributed by atoms with Gasteiger partial charge in [-0.3, -0.25) is 15.0 Å². The van der Waals surface area contributed by atoms with E-state index in [1.54, 1.807) is 18.2 Å². The Balaban J connectivity index is 1.51. The zero-order chi connectivity index (χ0) is 20.2. The number of anilines is 1. The monoisotopic (exact) mass is 496 g/mol. The third kappa shape index (κ3) is 4.32. The van der Waals surface area contributed by atoms with E-state index in [4.69, 9.17) is 4.74 Å². The van der Waals surface area contributed by atoms with Crippen LogP contribution in [0.15, 0.2) is 84.4 Å². The number of amides is 2. The van der Waals surface area contributed by atoms with Crippen LogP contribution in [0.25, 0.3) is 6.08 Å². The summed E-state index contributed by atoms with van der Waals surface area (Å²) in [4.78, 5) is 25.0. The minimum absolute atomic E-state index is 0.0996. The molecule has 1 aliphatic heterocycles. The fourth-order valence-electron chi connectivity index (χ4n) is 2.94. The van der Waals surface area contributed by atoms with Crippen molar-refractivity contribution in [2.24, 2.45) is 0 Å². The number of rotatable bonds is 5. The summed E-state index contributed by atoms with van der Waals surface area (Å²) in [6.07, 6.45) is 1.60. The number of carbonyl (C=O) groups is 2. The van der Waals surface area contributed by atoms with Crippen molar-refractivity contribution in [3.63, 3.8) is 0 Å². The normalized spacial score (nSPS) is 14.9. The molecule has 144 valence electrons. The molecule has 6 heteroatoms. The van der Waals surface area contributed by atoms with Gasteiger partial charge in [0, 0.05) is 0 Å². The molecule has 0 atom stereocenters. The number of benzene rings is 3. The maximum Gasteiger partial charge on any atom is 0.282 e. The van der Waals surface area contributed by atoms with Crippen LogP contribution in [0.3, 0.4) is 0 Å². The summed E-state index contributed by atoms with van der Waals surface area (Å²) in [6, 6.07) is 24.5. The largest absolute Gasteiger partial charge is 0.488 e. The van der Waals surface area contributed by atoms with Gasteiger partial charge in [0.25, 0.3) is 11.8 Å². The second-order valence-corrected chi connectivity index (χ2v) is 7.60. The van der Waals surface area contributed by atoms with E-state index in [1.165, 1.54) is 5.01 Å². The average molecular weight is 496 g/mol. The fourth-order valence-corrected chi connectivity index (χ4v) is 3.64. The molecular weight excluding hydrogens is 479 g/mol. The summed E-state index contributed by atoms with van der Waals surface area (Å²) < 4.78 is 6.78. The number of halogens is 1. The lowest BCUT2D eigenvalue weighted by molar-refractivity contribution is -0.117. The van der Waals surface area contributed by atoms with E-state index in [1.807, 2.05) is 66.7 Å². The van der Waals surface area contributed by atoms with Crippen molar-refractivity contribution in [3.8, 4) is 5.75 Å². The van der Waals surface area contributed by atoms with Crippen LogP contribution in [0.1, 0.15) is 11.1 Å². The van der Waals surface area contributed by atoms with Gasteiger partial charge in [0.05, 0.1) is 9.26 Å². The molecule has 1 saturated heterocycles. The Morgan fingerprint density at radius 3 is 2.31 bits per heavy atom. The quantitative estimate of drug-likeness (QED) is 0.325. The van der Waals surface area contributed by atoms with Gasteiger partial charge in [0.2, 0.25) is 0 Å². The van der Waals surface area contributed by atoms with E-state index in [0.29, 0.717) is 12.3 Å². The van der Waals surface area contributed by atoms with Crippen LogP contribution in [0.4, 0.5) is 5.69 Å². The number of ether oxygens (including phenoxy) is 1. The number of hydrogen-bond acceptors (Lipinski definition) is 3. The second-order valence-electron chi connectivity index (χ2n) is 6.44. The van der Waals surface area contributed by atoms with Gasteiger partial charge < -0.3 is 4.74 Å². The Kier molecular flexibility index (Phi) is 5.62. The van der Waals surface area contributed by atoms with E-state index < -0.39 is 5.91 Å². The van der Waals surface area contributed by atoms with Gasteiger partial charge in [-0.05, 0) is 64.1 Å². The molecule has 3 aromatic carbocycles. The van der Waals surface area contributed by atoms with E-state index in [2.05, 4.69) is 28.0 Å². The van der Waals surface area contributed by atoms with Crippen LogP contribution in [-0.2, 0) is 16.2 Å². The number of hydrogen-bond donors (Lipinski definition) is 1. The summed E-state index contributed by atoms with van der Waals surface area (Å²) >= 11 is 2.19. The van der Waals surface area contributed by atoms with Gasteiger partial charge in [-0.2, -0.15) is 0 Å². The van der Waals surface area contributed by atoms with Crippen molar-refractivity contribution in [1.82, 2.24) is 5.43 Å². The number of carbonyl (C=O) groups excluding carboxylic acids is 2. The Hall–Kier alpha value is -3.13. The molecule has 1 fully saturated rings. The fraction of sp³-hybridized carbons (Fsp3) is 0.0435. The van der Waals surface area contributed by atoms with Gasteiger partial charge in [0.1, 0.15) is 17.9 Å². The number of hydrazine groups is 1. The number of nitrogens with one attached hydrogen (secondary N) is 1. The molecule has 3 aromatic rings. The summed E-state index contributed by atoms with van der Waals surface area (Å²) in [6.45, 7) is 0.476. The summed E-state index contributed by atoms with van der Waals surface area (Å²) in [5.74, 6) is -0.0383. The van der Waals surface area contributed by atoms with Crippen LogP contribution < -0.4 is 15.2 Å². The maximum absolute atomic E-state index is 12.7. The molecule has 5 nitrogen and oxygen atoms in total. The highest BCUT2D eigenvalue weighted by atomic mass is 127. The highest BCUT2D eigenvalue weighted by Gasteiger charge is 2.34. The van der Waals surface area contributed by atoms with Crippen molar-refractivity contribution in [2.45, 2.75) is 6.61 Å². The third-order valence-electron chi connectivity index (χ3n) is 4.41. The van der Waals surface area contributed by atoms with Crippen molar-refractivity contribution in [2.75, 3.05) is 5.01 Å². The molecule has 4 rings (SSSR count). The Labute approximate surface area is 182 Å². The number of para-hydroxylation sites is 1. The molecule has 2 amide bonds. The minimum Gasteiger partial charge on any atom is -0.488 e. The van der Waals surface area contributed by atoms with Crippen LogP contribution in [0.2, 0.25) is 0 Å². The van der Waals surface area contributed by atoms with E-state index in [9.17, 15) is 9.59 Å². The predicted molar refractivity (Wildman–Crippen MR) is 120 cm³/mol. The van der Waals surface area contributed by atoms with Gasteiger partial charge in [0.15, 0.2) is 0 Å². The average Bonchev–Trinajstić information content (AvgIpc) is 3.03. The molecule has 1 heterocycles. The molecule has 29 heavy (non-hydrogen) atoms. The highest BCUT2D eigenvalue weighted by molar-refractivity contribution is 14.1. The first kappa shape index (κ1) is 19.2. The van der Waals surface area contributed by atoms with Crippen LogP contribution in [-0.4, -0.2) is 11.8 Å². The molecule has 0 spiro atoms. The Morgan fingerprint density at radius 2 is 1.62 bits per heavy atom. The molecule has 0 saturated carbocycles. The van der Waals surface area contributed by atoms with Crippen molar-refractivity contribution in [3.05, 3.63) is 99.1 Å². The molecular formula is C23H17IN2O3. The maximum atomic E-state index is 12.7. The first-order valence-electron chi connectivity index (χ1n) is 9.00. The van der Waals surface area contributed by atoms with Crippen molar-refractivity contribution < 1.29 is 14.3 Å². The van der Waals surface area contributed by atoms with Crippen molar-refractivity contribution in [1.29, 1.82) is 0 Å². The van der Waals surface area contributed by atoms with E-state index >= 15 is 0 Å².